The molecule has 0 fully saturated rings. The minimum absolute atomic E-state index is 0.157. The second kappa shape index (κ2) is 8.43. The van der Waals surface area contributed by atoms with Gasteiger partial charge in [0, 0.05) is 12.6 Å². The molecule has 1 atom stereocenters. The maximum atomic E-state index is 12.9. The van der Waals surface area contributed by atoms with Crippen LogP contribution in [-0.2, 0) is 19.1 Å². The minimum Gasteiger partial charge on any atom is -0.310 e. The Kier molecular flexibility index (Phi) is 6.78. The number of nitrogens with one attached hydrogen (secondary N) is 1. The van der Waals surface area contributed by atoms with Crippen molar-refractivity contribution < 1.29 is 13.2 Å². The summed E-state index contributed by atoms with van der Waals surface area (Å²) in [4.78, 5) is 0. The van der Waals surface area contributed by atoms with Gasteiger partial charge < -0.3 is 5.32 Å². The van der Waals surface area contributed by atoms with Crippen molar-refractivity contribution in [3.63, 3.8) is 0 Å². The Labute approximate surface area is 156 Å². The molecule has 0 aromatic heterocycles. The third kappa shape index (κ3) is 6.21. The minimum atomic E-state index is -4.32. The third-order valence-electron chi connectivity index (χ3n) is 3.97. The van der Waals surface area contributed by atoms with Crippen molar-refractivity contribution in [1.82, 2.24) is 5.32 Å². The summed E-state index contributed by atoms with van der Waals surface area (Å²) in [6.45, 7) is 4.08. The molecular weight excluding hydrogens is 370 g/mol. The molecule has 0 bridgehead atoms. The van der Waals surface area contributed by atoms with Crippen LogP contribution in [0.15, 0.2) is 36.4 Å². The lowest BCUT2D eigenvalue weighted by Crippen LogP contribution is -2.26. The number of alkyl halides is 3. The van der Waals surface area contributed by atoms with Crippen LogP contribution in [0, 0.1) is 6.92 Å². The summed E-state index contributed by atoms with van der Waals surface area (Å²) in [5.41, 5.74) is 1.72. The van der Waals surface area contributed by atoms with E-state index in [0.717, 1.165) is 24.5 Å². The van der Waals surface area contributed by atoms with E-state index in [2.05, 4.69) is 5.32 Å². The molecule has 0 amide bonds. The first-order chi connectivity index (χ1) is 11.6. The van der Waals surface area contributed by atoms with E-state index in [-0.39, 0.29) is 6.04 Å². The first kappa shape index (κ1) is 20.1. The zero-order chi connectivity index (χ0) is 18.6. The fourth-order valence-electron chi connectivity index (χ4n) is 2.60. The quantitative estimate of drug-likeness (QED) is 0.599. The molecule has 2 rings (SSSR count). The first-order valence-corrected chi connectivity index (χ1v) is 8.76. The first-order valence-electron chi connectivity index (χ1n) is 8.00. The summed E-state index contributed by atoms with van der Waals surface area (Å²) in [5, 5.41) is 4.33. The highest BCUT2D eigenvalue weighted by Gasteiger charge is 2.30. The van der Waals surface area contributed by atoms with E-state index < -0.39 is 11.7 Å². The van der Waals surface area contributed by atoms with E-state index in [0.29, 0.717) is 27.7 Å². The lowest BCUT2D eigenvalue weighted by Gasteiger charge is -2.16. The average Bonchev–Trinajstić information content (AvgIpc) is 2.52. The molecule has 0 aliphatic heterocycles. The standard InChI is InChI=1S/C19H20Cl2F3N/c1-12-7-15(9-16(8-12)19(22,23)24)11-25-13(2)3-4-14-5-6-17(20)18(21)10-14/h5-10,13,25H,3-4,11H2,1-2H3/t13-/m1/s1. The summed E-state index contributed by atoms with van der Waals surface area (Å²) >= 11 is 11.9. The maximum absolute atomic E-state index is 12.9. The Morgan fingerprint density at radius 1 is 1.00 bits per heavy atom. The molecule has 6 heteroatoms. The highest BCUT2D eigenvalue weighted by molar-refractivity contribution is 6.42. The molecule has 0 saturated carbocycles. The van der Waals surface area contributed by atoms with E-state index >= 15 is 0 Å². The predicted octanol–water partition coefficient (Wildman–Crippen LogP) is 6.43. The van der Waals surface area contributed by atoms with Crippen molar-refractivity contribution in [3.8, 4) is 0 Å². The van der Waals surface area contributed by atoms with Crippen LogP contribution >= 0.6 is 23.2 Å². The SMILES string of the molecule is Cc1cc(CN[C@H](C)CCc2ccc(Cl)c(Cl)c2)cc(C(F)(F)F)c1. The summed E-state index contributed by atoms with van der Waals surface area (Å²) in [6, 6.07) is 9.83. The fourth-order valence-corrected chi connectivity index (χ4v) is 2.92. The fraction of sp³-hybridized carbons (Fsp3) is 0.368. The van der Waals surface area contributed by atoms with Crippen molar-refractivity contribution in [1.29, 1.82) is 0 Å². The normalized spacial score (nSPS) is 13.1. The molecule has 2 aromatic rings. The van der Waals surface area contributed by atoms with Crippen LogP contribution in [0.4, 0.5) is 13.2 Å². The Bertz CT molecular complexity index is 729. The molecule has 1 nitrogen and oxygen atoms in total. The van der Waals surface area contributed by atoms with Gasteiger partial charge >= 0.3 is 6.18 Å². The van der Waals surface area contributed by atoms with Crippen LogP contribution in [0.5, 0.6) is 0 Å². The van der Waals surface area contributed by atoms with Gasteiger partial charge in [0.1, 0.15) is 0 Å². The average molecular weight is 390 g/mol. The Balaban J connectivity index is 1.90. The summed E-state index contributed by atoms with van der Waals surface area (Å²) in [5.74, 6) is 0. The van der Waals surface area contributed by atoms with Crippen LogP contribution in [0.25, 0.3) is 0 Å². The van der Waals surface area contributed by atoms with Gasteiger partial charge in [0.15, 0.2) is 0 Å². The van der Waals surface area contributed by atoms with Crippen molar-refractivity contribution in [2.24, 2.45) is 0 Å². The summed E-state index contributed by atoms with van der Waals surface area (Å²) in [7, 11) is 0. The van der Waals surface area contributed by atoms with Crippen molar-refractivity contribution >= 4 is 23.2 Å². The van der Waals surface area contributed by atoms with E-state index in [4.69, 9.17) is 23.2 Å². The van der Waals surface area contributed by atoms with Crippen LogP contribution in [0.1, 0.15) is 35.6 Å². The number of benzene rings is 2. The molecule has 0 aliphatic rings. The van der Waals surface area contributed by atoms with Gasteiger partial charge in [0.2, 0.25) is 0 Å². The molecule has 0 unspecified atom stereocenters. The van der Waals surface area contributed by atoms with Gasteiger partial charge in [-0.15, -0.1) is 0 Å². The zero-order valence-corrected chi connectivity index (χ0v) is 15.6. The van der Waals surface area contributed by atoms with E-state index in [1.807, 2.05) is 19.1 Å². The molecule has 0 aliphatic carbocycles. The third-order valence-corrected chi connectivity index (χ3v) is 4.71. The van der Waals surface area contributed by atoms with Gasteiger partial charge in [0.05, 0.1) is 15.6 Å². The smallest absolute Gasteiger partial charge is 0.310 e. The monoisotopic (exact) mass is 389 g/mol. The van der Waals surface area contributed by atoms with Crippen molar-refractivity contribution in [2.45, 2.75) is 45.5 Å². The maximum Gasteiger partial charge on any atom is 0.416 e. The van der Waals surface area contributed by atoms with Gasteiger partial charge in [-0.3, -0.25) is 0 Å². The topological polar surface area (TPSA) is 12.0 Å². The van der Waals surface area contributed by atoms with Crippen LogP contribution in [0.2, 0.25) is 10.0 Å². The summed E-state index contributed by atoms with van der Waals surface area (Å²) in [6.07, 6.45) is -2.66. The van der Waals surface area contributed by atoms with Crippen LogP contribution < -0.4 is 5.32 Å². The lowest BCUT2D eigenvalue weighted by atomic mass is 10.0. The summed E-state index contributed by atoms with van der Waals surface area (Å²) < 4.78 is 38.6. The molecule has 1 N–H and O–H groups in total. The second-order valence-corrected chi connectivity index (χ2v) is 7.09. The number of rotatable bonds is 6. The second-order valence-electron chi connectivity index (χ2n) is 6.27. The van der Waals surface area contributed by atoms with Crippen LogP contribution in [0.3, 0.4) is 0 Å². The zero-order valence-electron chi connectivity index (χ0n) is 14.1. The van der Waals surface area contributed by atoms with Gasteiger partial charge in [-0.25, -0.2) is 0 Å². The lowest BCUT2D eigenvalue weighted by molar-refractivity contribution is -0.137. The number of halogens is 5. The van der Waals surface area contributed by atoms with Crippen molar-refractivity contribution in [2.75, 3.05) is 0 Å². The van der Waals surface area contributed by atoms with Crippen LogP contribution in [-0.4, -0.2) is 6.04 Å². The van der Waals surface area contributed by atoms with Gasteiger partial charge in [-0.2, -0.15) is 13.2 Å². The van der Waals surface area contributed by atoms with E-state index in [9.17, 15) is 13.2 Å². The van der Waals surface area contributed by atoms with Gasteiger partial charge in [-0.1, -0.05) is 40.9 Å². The predicted molar refractivity (Wildman–Crippen MR) is 97.3 cm³/mol. The molecule has 0 radical (unpaired) electrons. The largest absolute Gasteiger partial charge is 0.416 e. The molecule has 136 valence electrons. The van der Waals surface area contributed by atoms with E-state index in [1.165, 1.54) is 6.07 Å². The molecule has 2 aromatic carbocycles. The Morgan fingerprint density at radius 2 is 1.72 bits per heavy atom. The highest BCUT2D eigenvalue weighted by atomic mass is 35.5. The molecular formula is C19H20Cl2F3N. The number of hydrogen-bond acceptors (Lipinski definition) is 1. The van der Waals surface area contributed by atoms with Crippen molar-refractivity contribution in [3.05, 3.63) is 68.7 Å². The molecule has 0 saturated heterocycles. The Morgan fingerprint density at radius 3 is 2.36 bits per heavy atom. The van der Waals surface area contributed by atoms with Gasteiger partial charge in [0.25, 0.3) is 0 Å². The van der Waals surface area contributed by atoms with E-state index in [1.54, 1.807) is 19.1 Å². The Hall–Kier alpha value is -1.23. The molecule has 0 heterocycles. The molecule has 25 heavy (non-hydrogen) atoms. The highest BCUT2D eigenvalue weighted by Crippen LogP contribution is 2.30. The van der Waals surface area contributed by atoms with Gasteiger partial charge in [-0.05, 0) is 62.1 Å². The number of hydrogen-bond donors (Lipinski definition) is 1. The number of aryl methyl sites for hydroxylation is 2. The molecule has 0 spiro atoms.